The topological polar surface area (TPSA) is 62.3 Å². The van der Waals surface area contributed by atoms with Crippen molar-refractivity contribution >= 4 is 13.2 Å². The smallest absolute Gasteiger partial charge is 0.400 e. The van der Waals surface area contributed by atoms with Crippen molar-refractivity contribution in [2.75, 3.05) is 6.54 Å². The quantitative estimate of drug-likeness (QED) is 0.849. The van der Waals surface area contributed by atoms with Gasteiger partial charge < -0.3 is 15.0 Å². The van der Waals surface area contributed by atoms with Gasteiger partial charge in [0.25, 0.3) is 0 Å². The summed E-state index contributed by atoms with van der Waals surface area (Å²) in [6.07, 6.45) is 5.90. The highest BCUT2D eigenvalue weighted by Crippen LogP contribution is 2.38. The number of aromatic nitrogens is 2. The van der Waals surface area contributed by atoms with Crippen LogP contribution in [0.25, 0.3) is 6.08 Å². The van der Waals surface area contributed by atoms with E-state index in [0.29, 0.717) is 12.5 Å². The Bertz CT molecular complexity index is 533. The minimum atomic E-state index is -0.400. The largest absolute Gasteiger partial charge is 0.491 e. The van der Waals surface area contributed by atoms with E-state index >= 15 is 0 Å². The normalized spacial score (nSPS) is 20.9. The second-order valence-electron chi connectivity index (χ2n) is 7.40. The van der Waals surface area contributed by atoms with Crippen LogP contribution in [0.2, 0.25) is 0 Å². The summed E-state index contributed by atoms with van der Waals surface area (Å²) in [6, 6.07) is 0. The van der Waals surface area contributed by atoms with Gasteiger partial charge in [-0.1, -0.05) is 19.9 Å². The Hall–Kier alpha value is -1.11. The third-order valence-electron chi connectivity index (χ3n) is 4.35. The molecule has 0 spiro atoms. The summed E-state index contributed by atoms with van der Waals surface area (Å²) in [6.45, 7) is 13.8. The lowest BCUT2D eigenvalue weighted by molar-refractivity contribution is 0.00578. The van der Waals surface area contributed by atoms with Crippen LogP contribution in [0, 0.1) is 5.92 Å². The van der Waals surface area contributed by atoms with Gasteiger partial charge in [0.05, 0.1) is 17.4 Å². The Kier molecular flexibility index (Phi) is 4.85. The fraction of sp³-hybridized carbons (Fsp3) is 0.688. The lowest BCUT2D eigenvalue weighted by Gasteiger charge is -2.32. The highest BCUT2D eigenvalue weighted by molar-refractivity contribution is 6.55. The molecule has 5 nitrogen and oxygen atoms in total. The fourth-order valence-corrected chi connectivity index (χ4v) is 2.36. The van der Waals surface area contributed by atoms with Gasteiger partial charge in [0.15, 0.2) is 0 Å². The maximum atomic E-state index is 6.06. The van der Waals surface area contributed by atoms with Gasteiger partial charge in [-0.15, -0.1) is 0 Å². The van der Waals surface area contributed by atoms with Crippen molar-refractivity contribution in [2.24, 2.45) is 11.7 Å². The van der Waals surface area contributed by atoms with E-state index in [1.54, 1.807) is 0 Å². The summed E-state index contributed by atoms with van der Waals surface area (Å²) < 4.78 is 14.1. The molecule has 0 amide bonds. The molecule has 1 aromatic heterocycles. The van der Waals surface area contributed by atoms with Crippen LogP contribution in [0.3, 0.4) is 0 Å². The third-order valence-corrected chi connectivity index (χ3v) is 4.35. The molecule has 0 aromatic carbocycles. The van der Waals surface area contributed by atoms with Crippen molar-refractivity contribution in [3.05, 3.63) is 23.4 Å². The third kappa shape index (κ3) is 3.62. The van der Waals surface area contributed by atoms with Gasteiger partial charge in [0.2, 0.25) is 0 Å². The summed E-state index contributed by atoms with van der Waals surface area (Å²) in [7, 11) is -0.400. The molecular formula is C16H28BN3O2. The number of rotatable bonds is 5. The molecule has 0 bridgehead atoms. The van der Waals surface area contributed by atoms with Crippen LogP contribution in [-0.4, -0.2) is 34.6 Å². The van der Waals surface area contributed by atoms with Crippen molar-refractivity contribution in [3.8, 4) is 0 Å². The first-order chi connectivity index (χ1) is 10.1. The molecule has 0 unspecified atom stereocenters. The molecule has 0 saturated carbocycles. The van der Waals surface area contributed by atoms with E-state index in [1.165, 1.54) is 0 Å². The van der Waals surface area contributed by atoms with Crippen molar-refractivity contribution in [1.29, 1.82) is 0 Å². The van der Waals surface area contributed by atoms with Gasteiger partial charge in [-0.3, -0.25) is 4.68 Å². The molecule has 6 heteroatoms. The molecule has 1 aliphatic rings. The molecule has 1 aromatic rings. The van der Waals surface area contributed by atoms with Gasteiger partial charge in [0.1, 0.15) is 0 Å². The van der Waals surface area contributed by atoms with Gasteiger partial charge >= 0.3 is 7.12 Å². The summed E-state index contributed by atoms with van der Waals surface area (Å²) in [4.78, 5) is 0. The molecule has 2 rings (SSSR count). The van der Waals surface area contributed by atoms with E-state index in [4.69, 9.17) is 15.0 Å². The summed E-state index contributed by atoms with van der Waals surface area (Å²) in [5.41, 5.74) is 7.16. The van der Waals surface area contributed by atoms with Crippen molar-refractivity contribution in [2.45, 2.75) is 59.3 Å². The second-order valence-corrected chi connectivity index (χ2v) is 7.40. The molecular weight excluding hydrogens is 277 g/mol. The van der Waals surface area contributed by atoms with Crippen LogP contribution in [0.4, 0.5) is 0 Å². The van der Waals surface area contributed by atoms with Gasteiger partial charge in [-0.2, -0.15) is 5.10 Å². The maximum Gasteiger partial charge on any atom is 0.491 e. The molecule has 122 valence electrons. The molecule has 2 N–H and O–H groups in total. The standard InChI is InChI=1S/C16H28BN3O2/c1-12(2)10-20-11-13(9-19-20)7-14(8-18)17-21-15(3,4)16(5,6)22-17/h7,9,11-12H,8,10,18H2,1-6H3. The van der Waals surface area contributed by atoms with Crippen LogP contribution < -0.4 is 5.73 Å². The van der Waals surface area contributed by atoms with Crippen molar-refractivity contribution < 1.29 is 9.31 Å². The van der Waals surface area contributed by atoms with Gasteiger partial charge in [-0.25, -0.2) is 0 Å². The molecule has 0 aliphatic carbocycles. The lowest BCUT2D eigenvalue weighted by atomic mass is 9.77. The Morgan fingerprint density at radius 2 is 1.91 bits per heavy atom. The maximum absolute atomic E-state index is 6.06. The monoisotopic (exact) mass is 305 g/mol. The minimum Gasteiger partial charge on any atom is -0.400 e. The molecule has 0 radical (unpaired) electrons. The average molecular weight is 305 g/mol. The molecule has 1 aliphatic heterocycles. The van der Waals surface area contributed by atoms with Crippen LogP contribution in [-0.2, 0) is 15.9 Å². The number of nitrogens with zero attached hydrogens (tertiary/aromatic N) is 2. The first kappa shape index (κ1) is 17.3. The number of nitrogens with two attached hydrogens (primary N) is 1. The first-order valence-electron chi connectivity index (χ1n) is 7.93. The Morgan fingerprint density at radius 1 is 1.32 bits per heavy atom. The predicted molar refractivity (Wildman–Crippen MR) is 90.2 cm³/mol. The Labute approximate surface area is 134 Å². The van der Waals surface area contributed by atoms with Crippen LogP contribution >= 0.6 is 0 Å². The van der Waals surface area contributed by atoms with E-state index in [9.17, 15) is 0 Å². The van der Waals surface area contributed by atoms with E-state index in [1.807, 2.05) is 50.8 Å². The lowest BCUT2D eigenvalue weighted by Crippen LogP contribution is -2.41. The van der Waals surface area contributed by atoms with Crippen LogP contribution in [0.5, 0.6) is 0 Å². The highest BCUT2D eigenvalue weighted by atomic mass is 16.7. The Balaban J connectivity index is 2.17. The second kappa shape index (κ2) is 6.18. The highest BCUT2D eigenvalue weighted by Gasteiger charge is 2.52. The average Bonchev–Trinajstić information content (AvgIpc) is 2.88. The molecule has 0 atom stereocenters. The molecule has 22 heavy (non-hydrogen) atoms. The predicted octanol–water partition coefficient (Wildman–Crippen LogP) is 2.51. The van der Waals surface area contributed by atoms with E-state index in [2.05, 4.69) is 18.9 Å². The van der Waals surface area contributed by atoms with Gasteiger partial charge in [0, 0.05) is 24.8 Å². The van der Waals surface area contributed by atoms with Gasteiger partial charge in [-0.05, 0) is 39.1 Å². The fourth-order valence-electron chi connectivity index (χ4n) is 2.36. The van der Waals surface area contributed by atoms with E-state index in [-0.39, 0.29) is 11.2 Å². The molecule has 1 fully saturated rings. The van der Waals surface area contributed by atoms with Crippen molar-refractivity contribution in [1.82, 2.24) is 9.78 Å². The van der Waals surface area contributed by atoms with E-state index in [0.717, 1.165) is 17.6 Å². The van der Waals surface area contributed by atoms with E-state index < -0.39 is 7.12 Å². The summed E-state index contributed by atoms with van der Waals surface area (Å²) in [5.74, 6) is 0.564. The first-order valence-corrected chi connectivity index (χ1v) is 7.93. The van der Waals surface area contributed by atoms with Crippen LogP contribution in [0.15, 0.2) is 17.9 Å². The zero-order chi connectivity index (χ0) is 16.5. The Morgan fingerprint density at radius 3 is 2.41 bits per heavy atom. The summed E-state index contributed by atoms with van der Waals surface area (Å²) >= 11 is 0. The summed E-state index contributed by atoms with van der Waals surface area (Å²) in [5, 5.41) is 4.38. The SMILES string of the molecule is CC(C)Cn1cc(C=C(CN)B2OC(C)(C)C(C)(C)O2)cn1. The number of hydrogen-bond donors (Lipinski definition) is 1. The zero-order valence-corrected chi connectivity index (χ0v) is 14.6. The zero-order valence-electron chi connectivity index (χ0n) is 14.6. The molecule has 1 saturated heterocycles. The molecule has 2 heterocycles. The minimum absolute atomic E-state index is 0.353. The van der Waals surface area contributed by atoms with Crippen molar-refractivity contribution in [3.63, 3.8) is 0 Å². The van der Waals surface area contributed by atoms with Crippen LogP contribution in [0.1, 0.15) is 47.1 Å². The number of hydrogen-bond acceptors (Lipinski definition) is 4.